The second-order valence-corrected chi connectivity index (χ2v) is 6.18. The average molecular weight is 411 g/mol. The van der Waals surface area contributed by atoms with E-state index < -0.39 is 0 Å². The molecule has 0 bridgehead atoms. The van der Waals surface area contributed by atoms with Crippen molar-refractivity contribution in [3.05, 3.63) is 62.4 Å². The molecule has 0 unspecified atom stereocenters. The van der Waals surface area contributed by atoms with Crippen molar-refractivity contribution in [2.24, 2.45) is 0 Å². The average Bonchev–Trinajstić information content (AvgIpc) is 3.01. The van der Waals surface area contributed by atoms with Crippen LogP contribution in [0, 0.1) is 40.6 Å². The maximum Gasteiger partial charge on any atom is 0.271 e. The molecule has 0 saturated heterocycles. The van der Waals surface area contributed by atoms with Crippen LogP contribution in [0.4, 0.5) is 0 Å². The molecule has 27 heavy (non-hydrogen) atoms. The molecule has 1 aliphatic rings. The lowest BCUT2D eigenvalue weighted by Gasteiger charge is -2.04. The first-order chi connectivity index (χ1) is 13.1. The van der Waals surface area contributed by atoms with Gasteiger partial charge in [0.1, 0.15) is 12.1 Å². The Morgan fingerprint density at radius 3 is 2.15 bits per heavy atom. The third kappa shape index (κ3) is 2.24. The highest BCUT2D eigenvalue weighted by Gasteiger charge is 2.32. The summed E-state index contributed by atoms with van der Waals surface area (Å²) in [5, 5.41) is 27.7. The van der Waals surface area contributed by atoms with Gasteiger partial charge in [0.05, 0.1) is 24.0 Å². The molecule has 0 saturated carbocycles. The molecule has 1 aliphatic carbocycles. The number of nitrogens with zero attached hydrogens (tertiary/aromatic N) is 8. The molecule has 3 aromatic rings. The molecule has 9 heteroatoms. The molecule has 122 valence electrons. The maximum absolute atomic E-state index is 9.40. The number of nitriles is 3. The van der Waals surface area contributed by atoms with Gasteiger partial charge in [0.15, 0.2) is 22.7 Å². The highest BCUT2D eigenvalue weighted by molar-refractivity contribution is 9.10. The Balaban J connectivity index is 2.18. The van der Waals surface area contributed by atoms with Gasteiger partial charge in [-0.25, -0.2) is 30.0 Å². The smallest absolute Gasteiger partial charge is 0.226 e. The fraction of sp³-hybridized carbons (Fsp3) is 0. The first-order valence-electron chi connectivity index (χ1n) is 7.34. The van der Waals surface area contributed by atoms with Crippen LogP contribution in [0.1, 0.15) is 22.6 Å². The Morgan fingerprint density at radius 2 is 1.59 bits per heavy atom. The van der Waals surface area contributed by atoms with Crippen LogP contribution in [-0.2, 0) is 0 Å². The highest BCUT2D eigenvalue weighted by Crippen LogP contribution is 2.47. The molecule has 0 aliphatic heterocycles. The van der Waals surface area contributed by atoms with Crippen LogP contribution >= 0.6 is 15.9 Å². The number of benzene rings is 1. The standard InChI is InChI=1S/C18H3BrN8/c1-23-12(7-22)14-13-8(3-2-4-9(13)19)15-16(14)27-18-17(26-15)24-10(5-20)11(6-21)25-18/h2-4H/b14-12+. The van der Waals surface area contributed by atoms with Crippen LogP contribution in [0.5, 0.6) is 0 Å². The maximum atomic E-state index is 9.40. The highest BCUT2D eigenvalue weighted by atomic mass is 79.9. The van der Waals surface area contributed by atoms with Crippen molar-refractivity contribution in [1.29, 1.82) is 15.8 Å². The molecule has 0 atom stereocenters. The van der Waals surface area contributed by atoms with E-state index in [2.05, 4.69) is 40.7 Å². The normalized spacial score (nSPS) is 12.9. The number of hydrogen-bond acceptors (Lipinski definition) is 7. The van der Waals surface area contributed by atoms with E-state index in [1.807, 2.05) is 12.1 Å². The molecule has 0 radical (unpaired) electrons. The van der Waals surface area contributed by atoms with Crippen molar-refractivity contribution in [3.8, 4) is 29.5 Å². The van der Waals surface area contributed by atoms with Crippen LogP contribution in [0.15, 0.2) is 28.4 Å². The summed E-state index contributed by atoms with van der Waals surface area (Å²) in [6.07, 6.45) is 0. The van der Waals surface area contributed by atoms with Gasteiger partial charge in [0, 0.05) is 15.6 Å². The molecule has 0 N–H and O–H groups in total. The molecule has 0 fully saturated rings. The van der Waals surface area contributed by atoms with E-state index in [1.165, 1.54) is 0 Å². The monoisotopic (exact) mass is 410 g/mol. The Labute approximate surface area is 160 Å². The van der Waals surface area contributed by atoms with Gasteiger partial charge in [-0.1, -0.05) is 28.1 Å². The third-order valence-corrected chi connectivity index (χ3v) is 4.60. The van der Waals surface area contributed by atoms with Gasteiger partial charge in [0.25, 0.3) is 5.70 Å². The number of fused-ring (bicyclic) bond motifs is 4. The summed E-state index contributed by atoms with van der Waals surface area (Å²) >= 11 is 3.46. The minimum atomic E-state index is -0.160. The van der Waals surface area contributed by atoms with Crippen molar-refractivity contribution in [1.82, 2.24) is 19.9 Å². The van der Waals surface area contributed by atoms with Crippen LogP contribution in [0.3, 0.4) is 0 Å². The zero-order valence-electron chi connectivity index (χ0n) is 13.2. The first kappa shape index (κ1) is 16.3. The van der Waals surface area contributed by atoms with E-state index in [0.717, 1.165) is 0 Å². The Kier molecular flexibility index (Phi) is 3.60. The first-order valence-corrected chi connectivity index (χ1v) is 8.13. The van der Waals surface area contributed by atoms with E-state index >= 15 is 0 Å². The zero-order chi connectivity index (χ0) is 19.1. The zero-order valence-corrected chi connectivity index (χ0v) is 14.8. The molecule has 2 heterocycles. The van der Waals surface area contributed by atoms with Crippen LogP contribution < -0.4 is 0 Å². The van der Waals surface area contributed by atoms with Gasteiger partial charge >= 0.3 is 0 Å². The molecule has 0 spiro atoms. The van der Waals surface area contributed by atoms with Gasteiger partial charge in [-0.3, -0.25) is 0 Å². The molecule has 8 nitrogen and oxygen atoms in total. The Bertz CT molecular complexity index is 1360. The topological polar surface area (TPSA) is 127 Å². The van der Waals surface area contributed by atoms with Crippen molar-refractivity contribution < 1.29 is 0 Å². The van der Waals surface area contributed by atoms with E-state index in [-0.39, 0.29) is 28.4 Å². The molecule has 2 aromatic heterocycles. The predicted molar refractivity (Wildman–Crippen MR) is 95.9 cm³/mol. The largest absolute Gasteiger partial charge is 0.271 e. The van der Waals surface area contributed by atoms with E-state index in [4.69, 9.17) is 17.1 Å². The molecular weight excluding hydrogens is 408 g/mol. The van der Waals surface area contributed by atoms with Crippen LogP contribution in [-0.4, -0.2) is 19.9 Å². The second kappa shape index (κ2) is 5.97. The molecule has 1 aromatic carbocycles. The van der Waals surface area contributed by atoms with Crippen molar-refractivity contribution >= 4 is 32.8 Å². The number of allylic oxidation sites excluding steroid dienone is 1. The van der Waals surface area contributed by atoms with Gasteiger partial charge in [-0.15, -0.1) is 0 Å². The quantitative estimate of drug-likeness (QED) is 0.321. The third-order valence-electron chi connectivity index (χ3n) is 3.94. The van der Waals surface area contributed by atoms with E-state index in [9.17, 15) is 5.26 Å². The predicted octanol–water partition coefficient (Wildman–Crippen LogP) is 3.11. The van der Waals surface area contributed by atoms with E-state index in [0.29, 0.717) is 32.6 Å². The summed E-state index contributed by atoms with van der Waals surface area (Å²) in [4.78, 5) is 20.3. The lowest BCUT2D eigenvalue weighted by molar-refractivity contribution is 1.11. The minimum Gasteiger partial charge on any atom is -0.226 e. The summed E-state index contributed by atoms with van der Waals surface area (Å²) < 4.78 is 0.687. The van der Waals surface area contributed by atoms with Gasteiger partial charge in [0.2, 0.25) is 0 Å². The van der Waals surface area contributed by atoms with Crippen LogP contribution in [0.25, 0.3) is 33.0 Å². The van der Waals surface area contributed by atoms with E-state index in [1.54, 1.807) is 24.3 Å². The van der Waals surface area contributed by atoms with Crippen molar-refractivity contribution in [3.63, 3.8) is 0 Å². The van der Waals surface area contributed by atoms with Crippen molar-refractivity contribution in [2.75, 3.05) is 0 Å². The lowest BCUT2D eigenvalue weighted by Crippen LogP contribution is -2.02. The number of aromatic nitrogens is 4. The molecular formula is C18H3BrN8. The summed E-state index contributed by atoms with van der Waals surface area (Å²) in [5.74, 6) is 0. The minimum absolute atomic E-state index is 0.0630. The van der Waals surface area contributed by atoms with Gasteiger partial charge in [-0.05, 0) is 11.6 Å². The lowest BCUT2D eigenvalue weighted by atomic mass is 10.0. The summed E-state index contributed by atoms with van der Waals surface area (Å²) in [6.45, 7) is 7.33. The van der Waals surface area contributed by atoms with Gasteiger partial charge in [-0.2, -0.15) is 10.5 Å². The Hall–Kier alpha value is -4.18. The number of halogens is 1. The fourth-order valence-corrected chi connectivity index (χ4v) is 3.43. The SMILES string of the molecule is [C-]#[N+]/C(C#N)=C1/c2nc3nc(C#N)c(C#N)nc3nc2-c2cccc(Br)c21. The number of hydrogen-bond donors (Lipinski definition) is 0. The second-order valence-electron chi connectivity index (χ2n) is 5.32. The van der Waals surface area contributed by atoms with Crippen LogP contribution in [0.2, 0.25) is 0 Å². The molecule has 4 rings (SSSR count). The summed E-state index contributed by atoms with van der Waals surface area (Å²) in [6, 6.07) is 10.9. The van der Waals surface area contributed by atoms with Crippen molar-refractivity contribution in [2.45, 2.75) is 0 Å². The molecule has 0 amide bonds. The van der Waals surface area contributed by atoms with Gasteiger partial charge < -0.3 is 0 Å². The fourth-order valence-electron chi connectivity index (χ4n) is 2.86. The summed E-state index contributed by atoms with van der Waals surface area (Å²) in [5.41, 5.74) is 2.18. The summed E-state index contributed by atoms with van der Waals surface area (Å²) in [7, 11) is 0. The number of rotatable bonds is 0. The Morgan fingerprint density at radius 1 is 0.963 bits per heavy atom.